The van der Waals surface area contributed by atoms with E-state index in [2.05, 4.69) is 145 Å². The first kappa shape index (κ1) is 28.2. The van der Waals surface area contributed by atoms with Crippen LogP contribution in [0.4, 0.5) is 0 Å². The summed E-state index contributed by atoms with van der Waals surface area (Å²) < 4.78 is 0. The van der Waals surface area contributed by atoms with Gasteiger partial charge < -0.3 is 10.0 Å². The molecule has 0 fully saturated rings. The van der Waals surface area contributed by atoms with Gasteiger partial charge in [0.25, 0.3) is 0 Å². The molecule has 220 valence electrons. The lowest BCUT2D eigenvalue weighted by Gasteiger charge is -2.38. The molecule has 0 saturated carbocycles. The van der Waals surface area contributed by atoms with Crippen molar-refractivity contribution in [1.29, 1.82) is 0 Å². The zero-order chi connectivity index (χ0) is 30.7. The molecule has 7 rings (SSSR count). The molecule has 2 heterocycles. The zero-order valence-corrected chi connectivity index (χ0v) is 26.8. The summed E-state index contributed by atoms with van der Waals surface area (Å²) in [5.74, 6) is 0. The second-order valence-corrected chi connectivity index (χ2v) is 14.4. The Bertz CT molecular complexity index is 1890. The molecule has 0 bridgehead atoms. The Morgan fingerprint density at radius 1 is 0.488 bits per heavy atom. The fourth-order valence-corrected chi connectivity index (χ4v) is 8.53. The van der Waals surface area contributed by atoms with Gasteiger partial charge in [-0.3, -0.25) is 0 Å². The molecule has 0 amide bonds. The molecule has 0 atom stereocenters. The van der Waals surface area contributed by atoms with E-state index in [4.69, 9.17) is 4.84 Å². The quantitative estimate of drug-likeness (QED) is 0.219. The first-order valence-electron chi connectivity index (χ1n) is 15.3. The summed E-state index contributed by atoms with van der Waals surface area (Å²) in [5, 5.41) is 19.7. The molecule has 0 radical (unpaired) electrons. The van der Waals surface area contributed by atoms with Crippen molar-refractivity contribution in [2.45, 2.75) is 77.5 Å². The molecule has 2 aliphatic heterocycles. The Morgan fingerprint density at radius 3 is 1.26 bits per heavy atom. The average Bonchev–Trinajstić information content (AvgIpc) is 3.22. The van der Waals surface area contributed by atoms with E-state index in [0.717, 1.165) is 0 Å². The summed E-state index contributed by atoms with van der Waals surface area (Å²) in [5.41, 5.74) is 8.34. The minimum Gasteiger partial charge on any atom is -0.312 e. The summed E-state index contributed by atoms with van der Waals surface area (Å²) in [6, 6.07) is 31.4. The van der Waals surface area contributed by atoms with Crippen LogP contribution < -0.4 is 0 Å². The molecule has 43 heavy (non-hydrogen) atoms. The van der Waals surface area contributed by atoms with E-state index in [1.54, 1.807) is 7.11 Å². The van der Waals surface area contributed by atoms with Gasteiger partial charge in [0.05, 0.1) is 29.3 Å². The first-order chi connectivity index (χ1) is 20.2. The van der Waals surface area contributed by atoms with Gasteiger partial charge in [-0.15, -0.1) is 0 Å². The fraction of sp³-hybridized carbons (Fsp3) is 0.333. The lowest BCUT2D eigenvalue weighted by atomic mass is 9.82. The molecule has 0 spiro atoms. The van der Waals surface area contributed by atoms with Crippen LogP contribution in [0.15, 0.2) is 84.9 Å². The van der Waals surface area contributed by atoms with Crippen molar-refractivity contribution in [1.82, 2.24) is 10.1 Å². The number of rotatable bonds is 3. The smallest absolute Gasteiger partial charge is 0.0668 e. The molecule has 0 saturated heterocycles. The molecule has 1 N–H and O–H groups in total. The SMILES string of the molecule is CON1C(C)(C)c2ccc(-c3c4ccccc4c(-c4ccc5c(c4)C(C)(C)N(O)C5(C)C)c4ccccc34)cc2C1(C)C. The maximum absolute atomic E-state index is 11.2. The molecule has 2 aliphatic rings. The lowest BCUT2D eigenvalue weighted by molar-refractivity contribution is -0.241. The second-order valence-electron chi connectivity index (χ2n) is 14.4. The van der Waals surface area contributed by atoms with Crippen LogP contribution in [0.5, 0.6) is 0 Å². The summed E-state index contributed by atoms with van der Waals surface area (Å²) in [4.78, 5) is 5.96. The van der Waals surface area contributed by atoms with Crippen LogP contribution in [0.2, 0.25) is 0 Å². The largest absolute Gasteiger partial charge is 0.312 e. The molecule has 0 aliphatic carbocycles. The zero-order valence-electron chi connectivity index (χ0n) is 26.8. The third-order valence-corrected chi connectivity index (χ3v) is 10.4. The predicted molar refractivity (Wildman–Crippen MR) is 177 cm³/mol. The number of fused-ring (bicyclic) bond motifs is 4. The predicted octanol–water partition coefficient (Wildman–Crippen LogP) is 9.85. The van der Waals surface area contributed by atoms with E-state index in [-0.39, 0.29) is 11.1 Å². The second kappa shape index (κ2) is 8.99. The van der Waals surface area contributed by atoms with Crippen molar-refractivity contribution in [2.75, 3.05) is 7.11 Å². The Labute approximate surface area is 255 Å². The van der Waals surface area contributed by atoms with Gasteiger partial charge in [0.15, 0.2) is 0 Å². The van der Waals surface area contributed by atoms with Crippen LogP contribution in [0, 0.1) is 0 Å². The van der Waals surface area contributed by atoms with Gasteiger partial charge in [-0.05, 0) is 134 Å². The Hall–Kier alpha value is -3.54. The van der Waals surface area contributed by atoms with Gasteiger partial charge in [-0.1, -0.05) is 72.8 Å². The van der Waals surface area contributed by atoms with Crippen LogP contribution in [-0.2, 0) is 27.0 Å². The van der Waals surface area contributed by atoms with Gasteiger partial charge >= 0.3 is 0 Å². The third kappa shape index (κ3) is 3.64. The van der Waals surface area contributed by atoms with Crippen molar-refractivity contribution >= 4 is 21.5 Å². The van der Waals surface area contributed by atoms with Crippen LogP contribution in [0.3, 0.4) is 0 Å². The van der Waals surface area contributed by atoms with Crippen molar-refractivity contribution in [2.24, 2.45) is 0 Å². The van der Waals surface area contributed by atoms with Crippen LogP contribution >= 0.6 is 0 Å². The van der Waals surface area contributed by atoms with Gasteiger partial charge in [-0.2, -0.15) is 10.1 Å². The highest BCUT2D eigenvalue weighted by atomic mass is 16.7. The van der Waals surface area contributed by atoms with Crippen molar-refractivity contribution in [3.63, 3.8) is 0 Å². The van der Waals surface area contributed by atoms with Gasteiger partial charge in [-0.25, -0.2) is 0 Å². The van der Waals surface area contributed by atoms with E-state index in [1.165, 1.54) is 71.1 Å². The average molecular weight is 571 g/mol. The van der Waals surface area contributed by atoms with Gasteiger partial charge in [0.1, 0.15) is 0 Å². The molecular formula is C39H42N2O2. The minimum absolute atomic E-state index is 0.236. The molecule has 0 unspecified atom stereocenters. The monoisotopic (exact) mass is 570 g/mol. The normalized spacial score (nSPS) is 20.0. The van der Waals surface area contributed by atoms with E-state index in [9.17, 15) is 5.21 Å². The standard InChI is InChI=1S/C39H42N2O2/c1-36(2)30-20-18-24(22-32(30)37(3,4)40(36)42)34-26-14-10-12-16-28(26)35(29-17-13-11-15-27(29)34)25-19-21-31-33(23-25)39(7,8)41(43-9)38(31,5)6/h10-23,42H,1-9H3. The maximum atomic E-state index is 11.2. The summed E-state index contributed by atoms with van der Waals surface area (Å²) in [6.45, 7) is 17.3. The molecule has 4 heteroatoms. The highest BCUT2D eigenvalue weighted by Gasteiger charge is 2.50. The number of hydroxylamine groups is 4. The molecule has 0 aromatic heterocycles. The number of hydrogen-bond donors (Lipinski definition) is 1. The summed E-state index contributed by atoms with van der Waals surface area (Å²) >= 11 is 0. The highest BCUT2D eigenvalue weighted by molar-refractivity contribution is 6.21. The summed E-state index contributed by atoms with van der Waals surface area (Å²) in [6.07, 6.45) is 0. The van der Waals surface area contributed by atoms with Crippen LogP contribution in [0.25, 0.3) is 43.8 Å². The summed E-state index contributed by atoms with van der Waals surface area (Å²) in [7, 11) is 1.77. The first-order valence-corrected chi connectivity index (χ1v) is 15.3. The Kier molecular flexibility index (Phi) is 5.91. The van der Waals surface area contributed by atoms with Crippen molar-refractivity contribution in [3.8, 4) is 22.3 Å². The number of nitrogens with zero attached hydrogens (tertiary/aromatic N) is 2. The van der Waals surface area contributed by atoms with Gasteiger partial charge in [0.2, 0.25) is 0 Å². The van der Waals surface area contributed by atoms with Crippen LogP contribution in [0.1, 0.15) is 77.6 Å². The van der Waals surface area contributed by atoms with E-state index >= 15 is 0 Å². The van der Waals surface area contributed by atoms with E-state index < -0.39 is 11.1 Å². The van der Waals surface area contributed by atoms with Crippen LogP contribution in [-0.4, -0.2) is 22.4 Å². The van der Waals surface area contributed by atoms with Gasteiger partial charge in [0, 0.05) is 0 Å². The third-order valence-electron chi connectivity index (χ3n) is 10.4. The van der Waals surface area contributed by atoms with E-state index in [0.29, 0.717) is 0 Å². The highest BCUT2D eigenvalue weighted by Crippen LogP contribution is 2.53. The lowest BCUT2D eigenvalue weighted by Crippen LogP contribution is -2.44. The maximum Gasteiger partial charge on any atom is 0.0668 e. The van der Waals surface area contributed by atoms with Crippen molar-refractivity contribution < 1.29 is 10.0 Å². The molecular weight excluding hydrogens is 528 g/mol. The number of hydrogen-bond acceptors (Lipinski definition) is 4. The Morgan fingerprint density at radius 2 is 0.837 bits per heavy atom. The minimum atomic E-state index is -0.499. The molecule has 4 nitrogen and oxygen atoms in total. The van der Waals surface area contributed by atoms with Crippen molar-refractivity contribution in [3.05, 3.63) is 107 Å². The number of benzene rings is 5. The van der Waals surface area contributed by atoms with E-state index in [1.807, 2.05) is 0 Å². The molecule has 5 aromatic rings. The topological polar surface area (TPSA) is 35.9 Å². The fourth-order valence-electron chi connectivity index (χ4n) is 8.53. The molecule has 5 aromatic carbocycles. The Balaban J connectivity index is 1.52.